The van der Waals surface area contributed by atoms with E-state index < -0.39 is 6.43 Å². The lowest BCUT2D eigenvalue weighted by atomic mass is 10.2. The van der Waals surface area contributed by atoms with Gasteiger partial charge in [-0.05, 0) is 28.7 Å². The number of halogens is 4. The van der Waals surface area contributed by atoms with E-state index in [4.69, 9.17) is 11.6 Å². The number of carbonyl (C=O) groups is 1. The molecule has 0 radical (unpaired) electrons. The maximum Gasteiger partial charge on any atom is 0.267 e. The molecule has 0 saturated heterocycles. The Morgan fingerprint density at radius 1 is 1.62 bits per heavy atom. The van der Waals surface area contributed by atoms with Crippen LogP contribution in [0.3, 0.4) is 0 Å². The Morgan fingerprint density at radius 3 is 2.69 bits per heavy atom. The number of hydrogen-bond acceptors (Lipinski definition) is 2. The Kier molecular flexibility index (Phi) is 3.55. The van der Waals surface area contributed by atoms with Gasteiger partial charge in [0.2, 0.25) is 0 Å². The lowest BCUT2D eigenvalue weighted by molar-refractivity contribution is 0.110. The first kappa shape index (κ1) is 10.8. The fourth-order valence-electron chi connectivity index (χ4n) is 0.825. The molecule has 1 aromatic rings. The van der Waals surface area contributed by atoms with Gasteiger partial charge in [-0.3, -0.25) is 4.79 Å². The molecule has 0 saturated carbocycles. The molecule has 1 heterocycles. The van der Waals surface area contributed by atoms with E-state index in [1.165, 1.54) is 0 Å². The molecule has 0 bridgehead atoms. The summed E-state index contributed by atoms with van der Waals surface area (Å²) in [6, 6.07) is 1.12. The van der Waals surface area contributed by atoms with Crippen LogP contribution in [-0.4, -0.2) is 11.3 Å². The SMILES string of the molecule is O=Cc1cc(Cl)nc(I)c1C(F)F. The molecule has 0 aliphatic carbocycles. The van der Waals surface area contributed by atoms with E-state index in [0.717, 1.165) is 6.07 Å². The highest BCUT2D eigenvalue weighted by molar-refractivity contribution is 14.1. The highest BCUT2D eigenvalue weighted by atomic mass is 127. The molecule has 0 fully saturated rings. The van der Waals surface area contributed by atoms with Crippen LogP contribution in [-0.2, 0) is 0 Å². The van der Waals surface area contributed by atoms with Gasteiger partial charge in [-0.1, -0.05) is 11.6 Å². The third-order valence-electron chi connectivity index (χ3n) is 1.36. The van der Waals surface area contributed by atoms with Crippen LogP contribution in [0.2, 0.25) is 5.15 Å². The third-order valence-corrected chi connectivity index (χ3v) is 2.37. The number of rotatable bonds is 2. The van der Waals surface area contributed by atoms with E-state index in [2.05, 4.69) is 4.98 Å². The molecule has 0 aliphatic heterocycles. The van der Waals surface area contributed by atoms with Crippen LogP contribution in [0.15, 0.2) is 6.07 Å². The van der Waals surface area contributed by atoms with E-state index in [1.54, 1.807) is 22.6 Å². The third kappa shape index (κ3) is 2.34. The summed E-state index contributed by atoms with van der Waals surface area (Å²) in [5, 5.41) is 0.0379. The number of alkyl halides is 2. The summed E-state index contributed by atoms with van der Waals surface area (Å²) in [6.07, 6.45) is -2.37. The molecule has 0 atom stereocenters. The van der Waals surface area contributed by atoms with Gasteiger partial charge in [-0.2, -0.15) is 0 Å². The van der Waals surface area contributed by atoms with Gasteiger partial charge in [0.05, 0.1) is 5.56 Å². The second kappa shape index (κ2) is 4.28. The summed E-state index contributed by atoms with van der Waals surface area (Å²) in [5.41, 5.74) is -0.473. The standard InChI is InChI=1S/C7H3ClF2INO/c8-4-1-3(2-13)5(6(9)10)7(11)12-4/h1-2,6H. The van der Waals surface area contributed by atoms with E-state index >= 15 is 0 Å². The molecular formula is C7H3ClF2INO. The van der Waals surface area contributed by atoms with Crippen molar-refractivity contribution in [3.8, 4) is 0 Å². The number of pyridine rings is 1. The topological polar surface area (TPSA) is 30.0 Å². The number of aldehydes is 1. The summed E-state index contributed by atoms with van der Waals surface area (Å²) in [4.78, 5) is 14.0. The first-order chi connectivity index (χ1) is 6.06. The van der Waals surface area contributed by atoms with Gasteiger partial charge < -0.3 is 0 Å². The molecule has 6 heteroatoms. The summed E-state index contributed by atoms with van der Waals surface area (Å²) >= 11 is 7.10. The summed E-state index contributed by atoms with van der Waals surface area (Å²) in [7, 11) is 0. The normalized spacial score (nSPS) is 10.5. The summed E-state index contributed by atoms with van der Waals surface area (Å²) < 4.78 is 24.8. The first-order valence-electron chi connectivity index (χ1n) is 3.15. The van der Waals surface area contributed by atoms with Crippen molar-refractivity contribution in [1.29, 1.82) is 0 Å². The molecule has 0 unspecified atom stereocenters. The van der Waals surface area contributed by atoms with Gasteiger partial charge in [0.1, 0.15) is 8.85 Å². The van der Waals surface area contributed by atoms with Crippen molar-refractivity contribution >= 4 is 40.5 Å². The van der Waals surface area contributed by atoms with Gasteiger partial charge in [0.25, 0.3) is 6.43 Å². The number of hydrogen-bond donors (Lipinski definition) is 0. The van der Waals surface area contributed by atoms with Crippen molar-refractivity contribution < 1.29 is 13.6 Å². The average Bonchev–Trinajstić information content (AvgIpc) is 2.01. The molecule has 2 nitrogen and oxygen atoms in total. The molecule has 0 aromatic carbocycles. The lowest BCUT2D eigenvalue weighted by Crippen LogP contribution is -2.00. The Hall–Kier alpha value is -0.300. The average molecular weight is 317 g/mol. The van der Waals surface area contributed by atoms with Crippen LogP contribution in [0, 0.1) is 3.70 Å². The number of nitrogens with zero attached hydrogens (tertiary/aromatic N) is 1. The van der Waals surface area contributed by atoms with Crippen molar-refractivity contribution in [2.45, 2.75) is 6.43 Å². The second-order valence-corrected chi connectivity index (χ2v) is 3.57. The van der Waals surface area contributed by atoms with Crippen molar-refractivity contribution in [2.24, 2.45) is 0 Å². The number of aromatic nitrogens is 1. The fraction of sp³-hybridized carbons (Fsp3) is 0.143. The van der Waals surface area contributed by atoms with E-state index in [9.17, 15) is 13.6 Å². The monoisotopic (exact) mass is 317 g/mol. The smallest absolute Gasteiger partial charge is 0.267 e. The molecular weight excluding hydrogens is 314 g/mol. The summed E-state index contributed by atoms with van der Waals surface area (Å²) in [5.74, 6) is 0. The Morgan fingerprint density at radius 2 is 2.23 bits per heavy atom. The highest BCUT2D eigenvalue weighted by Gasteiger charge is 2.18. The zero-order valence-corrected chi connectivity index (χ0v) is 9.01. The van der Waals surface area contributed by atoms with Crippen LogP contribution in [0.4, 0.5) is 8.78 Å². The molecule has 70 valence electrons. The van der Waals surface area contributed by atoms with Crippen LogP contribution < -0.4 is 0 Å². The van der Waals surface area contributed by atoms with E-state index in [0.29, 0.717) is 6.29 Å². The van der Waals surface area contributed by atoms with Crippen molar-refractivity contribution in [2.75, 3.05) is 0 Å². The lowest BCUT2D eigenvalue weighted by Gasteiger charge is -2.05. The first-order valence-corrected chi connectivity index (χ1v) is 4.61. The Labute approximate surface area is 91.4 Å². The Bertz CT molecular complexity index is 346. The minimum atomic E-state index is -2.71. The van der Waals surface area contributed by atoms with Gasteiger partial charge >= 0.3 is 0 Å². The van der Waals surface area contributed by atoms with E-state index in [-0.39, 0.29) is 20.0 Å². The maximum absolute atomic E-state index is 12.4. The number of carbonyl (C=O) groups excluding carboxylic acids is 1. The second-order valence-electron chi connectivity index (χ2n) is 2.16. The van der Waals surface area contributed by atoms with Crippen LogP contribution in [0.1, 0.15) is 22.3 Å². The predicted molar refractivity (Wildman–Crippen MR) is 52.3 cm³/mol. The largest absolute Gasteiger partial charge is 0.298 e. The minimum absolute atomic E-state index is 0.0379. The van der Waals surface area contributed by atoms with Crippen molar-refractivity contribution in [3.63, 3.8) is 0 Å². The maximum atomic E-state index is 12.4. The molecule has 13 heavy (non-hydrogen) atoms. The molecule has 0 amide bonds. The Balaban J connectivity index is 3.38. The molecule has 0 aliphatic rings. The van der Waals surface area contributed by atoms with Gasteiger partial charge in [-0.15, -0.1) is 0 Å². The van der Waals surface area contributed by atoms with Gasteiger partial charge in [-0.25, -0.2) is 13.8 Å². The van der Waals surface area contributed by atoms with Crippen molar-refractivity contribution in [3.05, 3.63) is 26.0 Å². The van der Waals surface area contributed by atoms with Gasteiger partial charge in [0, 0.05) is 5.56 Å². The van der Waals surface area contributed by atoms with Crippen LogP contribution in [0.5, 0.6) is 0 Å². The zero-order valence-electron chi connectivity index (χ0n) is 6.10. The minimum Gasteiger partial charge on any atom is -0.298 e. The van der Waals surface area contributed by atoms with Crippen LogP contribution in [0.25, 0.3) is 0 Å². The zero-order chi connectivity index (χ0) is 10.0. The van der Waals surface area contributed by atoms with Crippen molar-refractivity contribution in [1.82, 2.24) is 4.98 Å². The molecule has 1 aromatic heterocycles. The van der Waals surface area contributed by atoms with Crippen LogP contribution >= 0.6 is 34.2 Å². The molecule has 1 rings (SSSR count). The van der Waals surface area contributed by atoms with Gasteiger partial charge in [0.15, 0.2) is 6.29 Å². The van der Waals surface area contributed by atoms with E-state index in [1.807, 2.05) is 0 Å². The molecule has 0 N–H and O–H groups in total. The highest BCUT2D eigenvalue weighted by Crippen LogP contribution is 2.27. The summed E-state index contributed by atoms with van der Waals surface area (Å²) in [6.45, 7) is 0. The predicted octanol–water partition coefficient (Wildman–Crippen LogP) is 3.09. The fourth-order valence-corrected chi connectivity index (χ4v) is 1.98. The quantitative estimate of drug-likeness (QED) is 0.477. The molecule has 0 spiro atoms.